The lowest BCUT2D eigenvalue weighted by molar-refractivity contribution is -0.111. The molecule has 2 N–H and O–H groups in total. The normalized spacial score (nSPS) is 16.9. The van der Waals surface area contributed by atoms with Crippen molar-refractivity contribution < 1.29 is 19.1 Å². The smallest absolute Gasteiger partial charge is 0.343 e. The number of likely N-dealkylation sites (N-methyl/N-ethyl adjacent to an activating group) is 1. The molecule has 244 valence electrons. The molecule has 0 unspecified atom stereocenters. The molecule has 4 heterocycles. The molecule has 0 aliphatic carbocycles. The van der Waals surface area contributed by atoms with Crippen LogP contribution in [-0.2, 0) is 14.9 Å². The van der Waals surface area contributed by atoms with Gasteiger partial charge in [-0.3, -0.25) is 9.78 Å². The molecule has 0 bridgehead atoms. The predicted molar refractivity (Wildman–Crippen MR) is 181 cm³/mol. The number of amides is 1. The number of aromatic nitrogens is 3. The van der Waals surface area contributed by atoms with Crippen molar-refractivity contribution in [1.29, 1.82) is 0 Å². The summed E-state index contributed by atoms with van der Waals surface area (Å²) in [5.41, 5.74) is 4.65. The molecule has 2 aliphatic rings. The van der Waals surface area contributed by atoms with E-state index in [0.717, 1.165) is 42.3 Å². The Bertz CT molecular complexity index is 1650. The molecule has 5 rings (SSSR count). The zero-order chi connectivity index (χ0) is 33.3. The Balaban J connectivity index is 1.57. The van der Waals surface area contributed by atoms with Gasteiger partial charge in [-0.25, -0.2) is 9.78 Å². The Morgan fingerprint density at radius 1 is 1.15 bits per heavy atom. The van der Waals surface area contributed by atoms with Crippen LogP contribution in [0.2, 0.25) is 0 Å². The Labute approximate surface area is 270 Å². The van der Waals surface area contributed by atoms with E-state index >= 15 is 0 Å². The van der Waals surface area contributed by atoms with Crippen molar-refractivity contribution in [3.05, 3.63) is 60.1 Å². The van der Waals surface area contributed by atoms with E-state index in [1.54, 1.807) is 21.0 Å². The summed E-state index contributed by atoms with van der Waals surface area (Å²) in [5, 5.41) is 6.24. The SMILES string of the molecule is C=CC(=O)Nc1cc(Nc2ncc(C(=O)OC(C)C)c(N3CC(C)(C)c4nc(C)ccc43)n2)c(OC)cc1N1CC[C@H](N(C)C)C1. The highest BCUT2D eigenvalue weighted by Crippen LogP contribution is 2.44. The lowest BCUT2D eigenvalue weighted by Crippen LogP contribution is -2.31. The number of methoxy groups -OCH3 is 1. The van der Waals surface area contributed by atoms with Crippen LogP contribution in [0.25, 0.3) is 0 Å². The van der Waals surface area contributed by atoms with Gasteiger partial charge in [0.2, 0.25) is 11.9 Å². The van der Waals surface area contributed by atoms with Gasteiger partial charge in [0.25, 0.3) is 0 Å². The maximum absolute atomic E-state index is 13.3. The summed E-state index contributed by atoms with van der Waals surface area (Å²) in [6.45, 7) is 15.6. The quantitative estimate of drug-likeness (QED) is 0.228. The summed E-state index contributed by atoms with van der Waals surface area (Å²) in [6, 6.07) is 8.06. The molecule has 1 fully saturated rings. The van der Waals surface area contributed by atoms with Gasteiger partial charge in [0, 0.05) is 49.0 Å². The number of fused-ring (bicyclic) bond motifs is 1. The van der Waals surface area contributed by atoms with E-state index in [4.69, 9.17) is 19.4 Å². The molecular formula is C34H44N8O4. The van der Waals surface area contributed by atoms with Crippen molar-refractivity contribution in [2.24, 2.45) is 0 Å². The Kier molecular flexibility index (Phi) is 9.20. The van der Waals surface area contributed by atoms with Crippen LogP contribution in [0.3, 0.4) is 0 Å². The monoisotopic (exact) mass is 628 g/mol. The van der Waals surface area contributed by atoms with Gasteiger partial charge < -0.3 is 34.8 Å². The molecule has 1 aromatic carbocycles. The van der Waals surface area contributed by atoms with E-state index in [-0.39, 0.29) is 28.9 Å². The summed E-state index contributed by atoms with van der Waals surface area (Å²) < 4.78 is 11.4. The summed E-state index contributed by atoms with van der Waals surface area (Å²) in [5.74, 6) is 0.347. The molecular weight excluding hydrogens is 584 g/mol. The van der Waals surface area contributed by atoms with Gasteiger partial charge in [0.05, 0.1) is 41.7 Å². The minimum atomic E-state index is -0.513. The third-order valence-corrected chi connectivity index (χ3v) is 8.33. The number of nitrogens with one attached hydrogen (secondary N) is 2. The molecule has 12 nitrogen and oxygen atoms in total. The lowest BCUT2D eigenvalue weighted by atomic mass is 9.91. The number of pyridine rings is 1. The van der Waals surface area contributed by atoms with Crippen LogP contribution in [-0.4, -0.2) is 84.7 Å². The van der Waals surface area contributed by atoms with Gasteiger partial charge in [-0.15, -0.1) is 0 Å². The van der Waals surface area contributed by atoms with E-state index in [1.165, 1.54) is 12.3 Å². The fourth-order valence-electron chi connectivity index (χ4n) is 5.95. The van der Waals surface area contributed by atoms with Crippen molar-refractivity contribution in [3.63, 3.8) is 0 Å². The summed E-state index contributed by atoms with van der Waals surface area (Å²) >= 11 is 0. The fraction of sp³-hybridized carbons (Fsp3) is 0.441. The molecule has 3 aromatic rings. The van der Waals surface area contributed by atoms with Crippen LogP contribution >= 0.6 is 0 Å². The second kappa shape index (κ2) is 13.0. The summed E-state index contributed by atoms with van der Waals surface area (Å²) in [6.07, 6.45) is 3.40. The van der Waals surface area contributed by atoms with Crippen molar-refractivity contribution >= 4 is 46.4 Å². The second-order valence-electron chi connectivity index (χ2n) is 12.9. The highest BCUT2D eigenvalue weighted by Gasteiger charge is 2.40. The van der Waals surface area contributed by atoms with Crippen LogP contribution in [0.4, 0.5) is 34.5 Å². The van der Waals surface area contributed by atoms with Gasteiger partial charge in [0.15, 0.2) is 5.82 Å². The number of hydrogen-bond acceptors (Lipinski definition) is 11. The van der Waals surface area contributed by atoms with Crippen molar-refractivity contribution in [2.45, 2.75) is 58.6 Å². The van der Waals surface area contributed by atoms with Crippen molar-refractivity contribution in [2.75, 3.05) is 61.3 Å². The molecule has 0 radical (unpaired) electrons. The number of ether oxygens (including phenoxy) is 2. The number of benzene rings is 1. The van der Waals surface area contributed by atoms with E-state index < -0.39 is 5.97 Å². The van der Waals surface area contributed by atoms with Crippen LogP contribution < -0.4 is 25.2 Å². The van der Waals surface area contributed by atoms with Gasteiger partial charge in [-0.2, -0.15) is 4.98 Å². The van der Waals surface area contributed by atoms with Crippen molar-refractivity contribution in [3.8, 4) is 5.75 Å². The van der Waals surface area contributed by atoms with E-state index in [0.29, 0.717) is 35.5 Å². The highest BCUT2D eigenvalue weighted by atomic mass is 16.5. The zero-order valence-corrected chi connectivity index (χ0v) is 28.0. The molecule has 2 aliphatic heterocycles. The number of carbonyl (C=O) groups excluding carboxylic acids is 2. The van der Waals surface area contributed by atoms with Gasteiger partial charge >= 0.3 is 5.97 Å². The Hall–Kier alpha value is -4.71. The molecule has 0 saturated carbocycles. The highest BCUT2D eigenvalue weighted by molar-refractivity contribution is 6.02. The number of esters is 1. The lowest BCUT2D eigenvalue weighted by Gasteiger charge is -2.26. The average Bonchev–Trinajstić information content (AvgIpc) is 3.60. The minimum Gasteiger partial charge on any atom is -0.494 e. The number of carbonyl (C=O) groups is 2. The topological polar surface area (TPSA) is 125 Å². The second-order valence-corrected chi connectivity index (χ2v) is 12.9. The number of rotatable bonds is 10. The number of hydrogen-bond donors (Lipinski definition) is 2. The molecule has 1 saturated heterocycles. The van der Waals surface area contributed by atoms with Crippen molar-refractivity contribution in [1.82, 2.24) is 19.9 Å². The average molecular weight is 629 g/mol. The number of anilines is 6. The van der Waals surface area contributed by atoms with Crippen LogP contribution in [0, 0.1) is 6.92 Å². The molecule has 2 aromatic heterocycles. The van der Waals surface area contributed by atoms with Gasteiger partial charge in [0.1, 0.15) is 11.3 Å². The summed E-state index contributed by atoms with van der Waals surface area (Å²) in [4.78, 5) is 46.5. The first-order valence-corrected chi connectivity index (χ1v) is 15.5. The summed E-state index contributed by atoms with van der Waals surface area (Å²) in [7, 11) is 5.74. The van der Waals surface area contributed by atoms with E-state index in [9.17, 15) is 9.59 Å². The first kappa shape index (κ1) is 32.7. The fourth-order valence-corrected chi connectivity index (χ4v) is 5.95. The van der Waals surface area contributed by atoms with Crippen LogP contribution in [0.5, 0.6) is 5.75 Å². The molecule has 12 heteroatoms. The van der Waals surface area contributed by atoms with Gasteiger partial charge in [-0.05, 0) is 65.6 Å². The molecule has 0 spiro atoms. The zero-order valence-electron chi connectivity index (χ0n) is 28.0. The molecule has 1 atom stereocenters. The largest absolute Gasteiger partial charge is 0.494 e. The van der Waals surface area contributed by atoms with Crippen LogP contribution in [0.15, 0.2) is 43.1 Å². The molecule has 46 heavy (non-hydrogen) atoms. The minimum absolute atomic E-state index is 0.239. The number of aryl methyl sites for hydroxylation is 1. The maximum atomic E-state index is 13.3. The molecule has 1 amide bonds. The third-order valence-electron chi connectivity index (χ3n) is 8.33. The first-order valence-electron chi connectivity index (χ1n) is 15.5. The first-order chi connectivity index (χ1) is 21.8. The van der Waals surface area contributed by atoms with E-state index in [1.807, 2.05) is 36.1 Å². The number of nitrogens with zero attached hydrogens (tertiary/aromatic N) is 6. The van der Waals surface area contributed by atoms with E-state index in [2.05, 4.69) is 59.9 Å². The maximum Gasteiger partial charge on any atom is 0.343 e. The van der Waals surface area contributed by atoms with Gasteiger partial charge in [-0.1, -0.05) is 20.4 Å². The van der Waals surface area contributed by atoms with Crippen LogP contribution in [0.1, 0.15) is 55.9 Å². The third kappa shape index (κ3) is 6.62. The Morgan fingerprint density at radius 3 is 2.57 bits per heavy atom. The Morgan fingerprint density at radius 2 is 1.91 bits per heavy atom. The predicted octanol–water partition coefficient (Wildman–Crippen LogP) is 5.19. The standard InChI is InChI=1S/C34H44N8O4/c1-10-29(43)37-24-15-25(28(45-9)16-27(24)41-14-13-22(18-41)40(7)8)38-33-35-17-23(32(44)46-20(2)3)31(39-33)42-19-34(5,6)30-26(42)12-11-21(4)36-30/h10-12,15-17,20,22H,1,13-14,18-19H2,2-9H3,(H,37,43)(H,35,38,39)/t22-/m0/s1.